The largest absolute Gasteiger partial charge is 0.475 e. The zero-order chi connectivity index (χ0) is 34.0. The van der Waals surface area contributed by atoms with E-state index in [0.717, 1.165) is 15.0 Å². The van der Waals surface area contributed by atoms with E-state index in [9.17, 15) is 0 Å². The van der Waals surface area contributed by atoms with E-state index in [-0.39, 0.29) is 33.2 Å². The molecule has 0 N–H and O–H groups in total. The first-order valence-corrected chi connectivity index (χ1v) is 19.9. The second-order valence-electron chi connectivity index (χ2n) is 11.4. The highest BCUT2D eigenvalue weighted by Crippen LogP contribution is 3.07. The lowest BCUT2D eigenvalue weighted by Gasteiger charge is -2.70. The van der Waals surface area contributed by atoms with Crippen molar-refractivity contribution in [3.05, 3.63) is 162 Å². The SMILES string of the molecule is Cc1ccccc1C(=O)S(Cl)(OCCOc1ccccn1)(c1ccccn1)(c1ccccn1)c1cccc(-c2cc3ccccc3s2)c1Cl. The van der Waals surface area contributed by atoms with Gasteiger partial charge in [0.05, 0.1) is 11.6 Å². The minimum absolute atomic E-state index is 0.0120. The summed E-state index contributed by atoms with van der Waals surface area (Å²) in [5, 5.41) is 1.20. The fraction of sp³-hybridized carbons (Fsp3) is 0.0769. The second kappa shape index (κ2) is 12.7. The van der Waals surface area contributed by atoms with Gasteiger partial charge in [0, 0.05) is 58.0 Å². The third kappa shape index (κ3) is 5.06. The molecule has 10 heteroatoms. The number of rotatable bonds is 10. The van der Waals surface area contributed by atoms with Crippen LogP contribution in [0.5, 0.6) is 5.88 Å². The van der Waals surface area contributed by atoms with Crippen molar-refractivity contribution in [1.29, 1.82) is 0 Å². The first kappa shape index (κ1) is 33.0. The standard InChI is InChI=1S/C39H31Cl2N3O3S2/c1-28-13-2-4-15-30(28)39(45)49(41,36-20-7-10-23-43-36,37-21-8-11-24-44-37,47-26-25-46-35-19-6-9-22-42-35)34-18-12-16-31(38(34)40)33-27-29-14-3-5-17-32(29)48-33/h2-24,27H,25-26H2,1H3. The molecule has 4 heterocycles. The molecule has 3 aromatic carbocycles. The molecule has 4 aromatic heterocycles. The summed E-state index contributed by atoms with van der Waals surface area (Å²) in [4.78, 5) is 31.3. The maximum atomic E-state index is 16.1. The number of pyridine rings is 3. The molecule has 0 aliphatic carbocycles. The van der Waals surface area contributed by atoms with Gasteiger partial charge in [-0.3, -0.25) is 4.79 Å². The number of thiophene rings is 1. The monoisotopic (exact) mass is 723 g/mol. The summed E-state index contributed by atoms with van der Waals surface area (Å²) in [5.74, 6) is 0.402. The van der Waals surface area contributed by atoms with Crippen LogP contribution < -0.4 is 4.74 Å². The predicted molar refractivity (Wildman–Crippen MR) is 200 cm³/mol. The van der Waals surface area contributed by atoms with E-state index in [4.69, 9.17) is 41.2 Å². The van der Waals surface area contributed by atoms with Crippen molar-refractivity contribution < 1.29 is 13.7 Å². The van der Waals surface area contributed by atoms with Crippen molar-refractivity contribution in [3.8, 4) is 16.3 Å². The number of carbonyl (C=O) groups is 1. The Labute approximate surface area is 297 Å². The third-order valence-corrected chi connectivity index (χ3v) is 17.9. The average Bonchev–Trinajstić information content (AvgIpc) is 3.59. The zero-order valence-electron chi connectivity index (χ0n) is 26.4. The molecule has 0 radical (unpaired) electrons. The molecule has 7 rings (SSSR count). The van der Waals surface area contributed by atoms with Crippen LogP contribution >= 0.6 is 41.4 Å². The molecule has 0 atom stereocenters. The number of carbonyl (C=O) groups excluding carboxylic acids is 1. The fourth-order valence-electron chi connectivity index (χ4n) is 6.15. The van der Waals surface area contributed by atoms with E-state index < -0.39 is 12.9 Å². The molecule has 0 bridgehead atoms. The Balaban J connectivity index is 1.60. The van der Waals surface area contributed by atoms with Gasteiger partial charge in [-0.2, -0.15) is 0 Å². The molecule has 0 aliphatic rings. The topological polar surface area (TPSA) is 74.2 Å². The van der Waals surface area contributed by atoms with E-state index in [0.29, 0.717) is 22.6 Å². The average molecular weight is 725 g/mol. The van der Waals surface area contributed by atoms with Gasteiger partial charge in [-0.25, -0.2) is 15.0 Å². The molecule has 49 heavy (non-hydrogen) atoms. The van der Waals surface area contributed by atoms with Gasteiger partial charge in [-0.1, -0.05) is 84.4 Å². The van der Waals surface area contributed by atoms with Crippen molar-refractivity contribution in [1.82, 2.24) is 15.0 Å². The van der Waals surface area contributed by atoms with E-state index in [2.05, 4.69) is 23.2 Å². The molecule has 0 fully saturated rings. The van der Waals surface area contributed by atoms with Crippen LogP contribution in [-0.4, -0.2) is 33.3 Å². The molecule has 6 nitrogen and oxygen atoms in total. The van der Waals surface area contributed by atoms with Crippen molar-refractivity contribution in [2.75, 3.05) is 13.2 Å². The lowest BCUT2D eigenvalue weighted by Crippen LogP contribution is -2.44. The van der Waals surface area contributed by atoms with Gasteiger partial charge in [0.15, 0.2) is 0 Å². The molecule has 0 saturated heterocycles. The van der Waals surface area contributed by atoms with Crippen LogP contribution in [0.4, 0.5) is 0 Å². The molecule has 0 spiro atoms. The number of hydrogen-bond acceptors (Lipinski definition) is 7. The van der Waals surface area contributed by atoms with Gasteiger partial charge in [0.25, 0.3) is 0 Å². The van der Waals surface area contributed by atoms with E-state index in [1.807, 2.05) is 49.4 Å². The van der Waals surface area contributed by atoms with Crippen LogP contribution in [0.25, 0.3) is 20.5 Å². The molecule has 0 amide bonds. The summed E-state index contributed by atoms with van der Waals surface area (Å²) < 4.78 is 14.4. The molecular formula is C39H31Cl2N3O3S2. The minimum Gasteiger partial charge on any atom is -0.475 e. The Morgan fingerprint density at radius 3 is 2.04 bits per heavy atom. The Morgan fingerprint density at radius 2 is 1.39 bits per heavy atom. The normalized spacial score (nSPS) is 13.0. The molecular weight excluding hydrogens is 693 g/mol. The smallest absolute Gasteiger partial charge is 0.233 e. The Kier molecular flexibility index (Phi) is 8.55. The van der Waals surface area contributed by atoms with Crippen molar-refractivity contribution in [2.45, 2.75) is 21.9 Å². The third-order valence-electron chi connectivity index (χ3n) is 8.51. The summed E-state index contributed by atoms with van der Waals surface area (Å²) in [7, 11) is 2.79. The highest BCUT2D eigenvalue weighted by Gasteiger charge is 2.74. The van der Waals surface area contributed by atoms with Gasteiger partial charge in [0.2, 0.25) is 11.0 Å². The highest BCUT2D eigenvalue weighted by atomic mass is 35.7. The summed E-state index contributed by atoms with van der Waals surface area (Å²) in [5.41, 5.74) is 1.75. The quantitative estimate of drug-likeness (QED) is 0.131. The van der Waals surface area contributed by atoms with Crippen LogP contribution in [-0.2, 0) is 4.18 Å². The van der Waals surface area contributed by atoms with Crippen LogP contribution in [0, 0.1) is 6.92 Å². The molecule has 7 aromatic rings. The zero-order valence-corrected chi connectivity index (χ0v) is 29.6. The fourth-order valence-corrected chi connectivity index (χ4v) is 14.8. The molecule has 0 saturated carbocycles. The van der Waals surface area contributed by atoms with Gasteiger partial charge >= 0.3 is 0 Å². The maximum Gasteiger partial charge on any atom is 0.233 e. The predicted octanol–water partition coefficient (Wildman–Crippen LogP) is 11.1. The lowest BCUT2D eigenvalue weighted by atomic mass is 10.1. The van der Waals surface area contributed by atoms with Crippen LogP contribution in [0.3, 0.4) is 0 Å². The number of aromatic nitrogens is 3. The number of ether oxygens (including phenoxy) is 1. The number of hydrogen-bond donors (Lipinski definition) is 0. The summed E-state index contributed by atoms with van der Waals surface area (Å²) in [6, 6.07) is 39.0. The number of fused-ring (bicyclic) bond motifs is 1. The maximum absolute atomic E-state index is 16.1. The van der Waals surface area contributed by atoms with E-state index in [1.165, 1.54) is 0 Å². The van der Waals surface area contributed by atoms with Crippen molar-refractivity contribution in [2.24, 2.45) is 0 Å². The number of benzene rings is 3. The molecule has 0 unspecified atom stereocenters. The van der Waals surface area contributed by atoms with Gasteiger partial charge in [-0.05, 0) is 77.1 Å². The molecule has 246 valence electrons. The Hall–Kier alpha value is -4.57. The lowest BCUT2D eigenvalue weighted by molar-refractivity contribution is 0.105. The van der Waals surface area contributed by atoms with E-state index in [1.54, 1.807) is 96.7 Å². The van der Waals surface area contributed by atoms with Gasteiger partial charge in [-0.15, -0.1) is 11.3 Å². The summed E-state index contributed by atoms with van der Waals surface area (Å²) in [6.45, 7) is 1.74. The van der Waals surface area contributed by atoms with Gasteiger partial charge < -0.3 is 8.92 Å². The van der Waals surface area contributed by atoms with E-state index >= 15 is 4.79 Å². The molecule has 0 aliphatic heterocycles. The highest BCUT2D eigenvalue weighted by molar-refractivity contribution is 8.84. The Bertz CT molecular complexity index is 2230. The van der Waals surface area contributed by atoms with Crippen LogP contribution in [0.2, 0.25) is 5.02 Å². The van der Waals surface area contributed by atoms with Crippen molar-refractivity contribution >= 4 is 56.6 Å². The number of halogens is 2. The first-order valence-electron chi connectivity index (χ1n) is 15.5. The van der Waals surface area contributed by atoms with Crippen molar-refractivity contribution in [3.63, 3.8) is 0 Å². The van der Waals surface area contributed by atoms with Crippen LogP contribution in [0.15, 0.2) is 161 Å². The minimum atomic E-state index is -5.90. The van der Waals surface area contributed by atoms with Crippen LogP contribution in [0.1, 0.15) is 15.9 Å². The summed E-state index contributed by atoms with van der Waals surface area (Å²) in [6.07, 6.45) is 4.84. The van der Waals surface area contributed by atoms with Gasteiger partial charge in [0.1, 0.15) is 16.7 Å². The summed E-state index contributed by atoms with van der Waals surface area (Å²) >= 11 is 9.24. The first-order chi connectivity index (χ1) is 23.8. The second-order valence-corrected chi connectivity index (χ2v) is 19.6. The number of aryl methyl sites for hydroxylation is 1. The Morgan fingerprint density at radius 1 is 0.735 bits per heavy atom. The number of nitrogens with zero attached hydrogens (tertiary/aromatic N) is 3.